The van der Waals surface area contributed by atoms with Crippen molar-refractivity contribution in [1.29, 1.82) is 0 Å². The molecule has 0 fully saturated rings. The Morgan fingerprint density at radius 1 is 0.957 bits per heavy atom. The van der Waals surface area contributed by atoms with Gasteiger partial charge in [-0.15, -0.1) is 0 Å². The maximum absolute atomic E-state index is 5.98. The van der Waals surface area contributed by atoms with Crippen LogP contribution in [0.5, 0.6) is 0 Å². The molecule has 2 rings (SSSR count). The van der Waals surface area contributed by atoms with Crippen LogP contribution in [-0.4, -0.2) is 18.2 Å². The molecule has 0 atom stereocenters. The van der Waals surface area contributed by atoms with Crippen molar-refractivity contribution >= 4 is 28.7 Å². The van der Waals surface area contributed by atoms with E-state index >= 15 is 0 Å². The van der Waals surface area contributed by atoms with Gasteiger partial charge in [0.2, 0.25) is 0 Å². The van der Waals surface area contributed by atoms with Crippen LogP contribution in [0.2, 0.25) is 0 Å². The summed E-state index contributed by atoms with van der Waals surface area (Å²) < 4.78 is 0. The number of nitrogens with two attached hydrogens (primary N) is 1. The zero-order valence-electron chi connectivity index (χ0n) is 14.3. The summed E-state index contributed by atoms with van der Waals surface area (Å²) in [6, 6.07) is 12.5. The quantitative estimate of drug-likeness (QED) is 0.812. The summed E-state index contributed by atoms with van der Waals surface area (Å²) >= 11 is 5.28. The van der Waals surface area contributed by atoms with Crippen LogP contribution < -0.4 is 16.0 Å². The van der Waals surface area contributed by atoms with Crippen LogP contribution in [-0.2, 0) is 0 Å². The highest BCUT2D eigenvalue weighted by atomic mass is 32.1. The molecule has 2 aromatic carbocycles. The topological polar surface area (TPSA) is 41.3 Å². The molecule has 0 saturated carbocycles. The van der Waals surface area contributed by atoms with E-state index in [2.05, 4.69) is 69.4 Å². The van der Waals surface area contributed by atoms with E-state index in [1.165, 1.54) is 27.9 Å². The van der Waals surface area contributed by atoms with Crippen LogP contribution in [0.1, 0.15) is 22.3 Å². The summed E-state index contributed by atoms with van der Waals surface area (Å²) in [4.78, 5) is 2.01. The van der Waals surface area contributed by atoms with Gasteiger partial charge in [-0.1, -0.05) is 36.4 Å². The molecule has 0 aromatic heterocycles. The van der Waals surface area contributed by atoms with Gasteiger partial charge in [0, 0.05) is 24.5 Å². The molecular weight excluding hydrogens is 302 g/mol. The van der Waals surface area contributed by atoms with Crippen LogP contribution in [0.25, 0.3) is 0 Å². The van der Waals surface area contributed by atoms with E-state index < -0.39 is 0 Å². The fraction of sp³-hybridized carbons (Fsp3) is 0.316. The van der Waals surface area contributed by atoms with Gasteiger partial charge in [-0.05, 0) is 62.2 Å². The largest absolute Gasteiger partial charge is 0.383 e. The summed E-state index contributed by atoms with van der Waals surface area (Å²) in [6.45, 7) is 9.92. The van der Waals surface area contributed by atoms with Crippen molar-refractivity contribution in [3.63, 3.8) is 0 Å². The number of anilines is 2. The summed E-state index contributed by atoms with van der Waals surface area (Å²) in [6.07, 6.45) is 0. The maximum atomic E-state index is 5.98. The molecular formula is C19H25N3S. The van der Waals surface area contributed by atoms with Gasteiger partial charge in [0.1, 0.15) is 0 Å². The van der Waals surface area contributed by atoms with Crippen molar-refractivity contribution < 1.29 is 0 Å². The molecule has 0 heterocycles. The Hall–Kier alpha value is -2.07. The van der Waals surface area contributed by atoms with Crippen LogP contribution in [0.15, 0.2) is 36.4 Å². The number of nitrogens with zero attached hydrogens (tertiary/aromatic N) is 1. The van der Waals surface area contributed by atoms with Gasteiger partial charge in [0.25, 0.3) is 0 Å². The summed E-state index contributed by atoms with van der Waals surface area (Å²) in [5, 5.41) is 3.93. The standard InChI is InChI=1S/C19H25N3S/c1-13-7-5-8-14(2)17(13)21-11-12-22(19(20)23)18-15(3)9-6-10-16(18)4/h5-10,21H,11-12H2,1-4H3,(H2,20,23). The average Bonchev–Trinajstić information content (AvgIpc) is 2.47. The van der Waals surface area contributed by atoms with E-state index in [1.807, 2.05) is 4.90 Å². The van der Waals surface area contributed by atoms with Crippen molar-refractivity contribution in [3.8, 4) is 0 Å². The molecule has 0 amide bonds. The minimum Gasteiger partial charge on any atom is -0.383 e. The van der Waals surface area contributed by atoms with Crippen molar-refractivity contribution in [3.05, 3.63) is 58.7 Å². The molecule has 4 heteroatoms. The Kier molecular flexibility index (Phi) is 5.61. The Bertz CT molecular complexity index is 669. The predicted octanol–water partition coefficient (Wildman–Crippen LogP) is 4.08. The molecule has 0 radical (unpaired) electrons. The molecule has 122 valence electrons. The number of thiocarbonyl (C=S) groups is 1. The third-order valence-corrected chi connectivity index (χ3v) is 4.31. The first kappa shape index (κ1) is 17.3. The van der Waals surface area contributed by atoms with Crippen LogP contribution >= 0.6 is 12.2 Å². The zero-order valence-corrected chi connectivity index (χ0v) is 15.1. The zero-order chi connectivity index (χ0) is 17.0. The normalized spacial score (nSPS) is 10.4. The summed E-state index contributed by atoms with van der Waals surface area (Å²) in [5.41, 5.74) is 13.1. The third-order valence-electron chi connectivity index (χ3n) is 4.09. The van der Waals surface area contributed by atoms with Crippen molar-refractivity contribution in [1.82, 2.24) is 0 Å². The Morgan fingerprint density at radius 2 is 1.43 bits per heavy atom. The molecule has 3 nitrogen and oxygen atoms in total. The minimum absolute atomic E-state index is 0.408. The second kappa shape index (κ2) is 7.47. The number of nitrogens with one attached hydrogen (secondary N) is 1. The van der Waals surface area contributed by atoms with Crippen molar-refractivity contribution in [2.75, 3.05) is 23.3 Å². The smallest absolute Gasteiger partial charge is 0.170 e. The molecule has 0 aliphatic heterocycles. The summed E-state index contributed by atoms with van der Waals surface area (Å²) in [5.74, 6) is 0. The lowest BCUT2D eigenvalue weighted by Gasteiger charge is -2.27. The molecule has 0 aliphatic rings. The Morgan fingerprint density at radius 3 is 1.91 bits per heavy atom. The maximum Gasteiger partial charge on any atom is 0.170 e. The van der Waals surface area contributed by atoms with Crippen LogP contribution in [0.3, 0.4) is 0 Å². The van der Waals surface area contributed by atoms with E-state index in [0.717, 1.165) is 18.8 Å². The van der Waals surface area contributed by atoms with Gasteiger partial charge in [0.05, 0.1) is 0 Å². The van der Waals surface area contributed by atoms with Gasteiger partial charge < -0.3 is 16.0 Å². The number of benzene rings is 2. The number of hydrogen-bond acceptors (Lipinski definition) is 2. The second-order valence-corrected chi connectivity index (χ2v) is 6.34. The first-order valence-electron chi connectivity index (χ1n) is 7.85. The SMILES string of the molecule is Cc1cccc(C)c1NCCN(C(N)=S)c1c(C)cccc1C. The van der Waals surface area contributed by atoms with Gasteiger partial charge in [-0.2, -0.15) is 0 Å². The lowest BCUT2D eigenvalue weighted by molar-refractivity contribution is 0.968. The lowest BCUT2D eigenvalue weighted by atomic mass is 10.1. The highest BCUT2D eigenvalue weighted by Gasteiger charge is 2.14. The van der Waals surface area contributed by atoms with E-state index in [0.29, 0.717) is 5.11 Å². The molecule has 2 aromatic rings. The van der Waals surface area contributed by atoms with Gasteiger partial charge in [-0.25, -0.2) is 0 Å². The first-order valence-corrected chi connectivity index (χ1v) is 8.26. The molecule has 0 bridgehead atoms. The number of rotatable bonds is 5. The molecule has 0 spiro atoms. The predicted molar refractivity (Wildman–Crippen MR) is 104 cm³/mol. The monoisotopic (exact) mass is 327 g/mol. The van der Waals surface area contributed by atoms with E-state index in [-0.39, 0.29) is 0 Å². The molecule has 0 aliphatic carbocycles. The number of aryl methyl sites for hydroxylation is 4. The fourth-order valence-electron chi connectivity index (χ4n) is 2.95. The minimum atomic E-state index is 0.408. The Balaban J connectivity index is 2.14. The van der Waals surface area contributed by atoms with Crippen LogP contribution in [0.4, 0.5) is 11.4 Å². The van der Waals surface area contributed by atoms with E-state index in [4.69, 9.17) is 18.0 Å². The lowest BCUT2D eigenvalue weighted by Crippen LogP contribution is -2.39. The van der Waals surface area contributed by atoms with Crippen molar-refractivity contribution in [2.45, 2.75) is 27.7 Å². The highest BCUT2D eigenvalue weighted by molar-refractivity contribution is 7.80. The Labute approximate surface area is 144 Å². The number of para-hydroxylation sites is 2. The van der Waals surface area contributed by atoms with Crippen molar-refractivity contribution in [2.24, 2.45) is 5.73 Å². The van der Waals surface area contributed by atoms with Gasteiger partial charge >= 0.3 is 0 Å². The highest BCUT2D eigenvalue weighted by Crippen LogP contribution is 2.25. The van der Waals surface area contributed by atoms with Gasteiger partial charge in [0.15, 0.2) is 5.11 Å². The summed E-state index contributed by atoms with van der Waals surface area (Å²) in [7, 11) is 0. The molecule has 0 saturated heterocycles. The first-order chi connectivity index (χ1) is 10.9. The number of hydrogen-bond donors (Lipinski definition) is 2. The van der Waals surface area contributed by atoms with E-state index in [9.17, 15) is 0 Å². The molecule has 3 N–H and O–H groups in total. The third kappa shape index (κ3) is 4.02. The molecule has 23 heavy (non-hydrogen) atoms. The fourth-order valence-corrected chi connectivity index (χ4v) is 3.13. The average molecular weight is 327 g/mol. The van der Waals surface area contributed by atoms with E-state index in [1.54, 1.807) is 0 Å². The second-order valence-electron chi connectivity index (χ2n) is 5.92. The molecule has 0 unspecified atom stereocenters. The van der Waals surface area contributed by atoms with Gasteiger partial charge in [-0.3, -0.25) is 0 Å². The van der Waals surface area contributed by atoms with Crippen LogP contribution in [0, 0.1) is 27.7 Å².